The zero-order valence-electron chi connectivity index (χ0n) is 11.7. The van der Waals surface area contributed by atoms with Gasteiger partial charge in [0.05, 0.1) is 12.1 Å². The molecule has 2 aromatic heterocycles. The smallest absolute Gasteiger partial charge is 0.251 e. The van der Waals surface area contributed by atoms with Gasteiger partial charge in [-0.25, -0.2) is 0 Å². The summed E-state index contributed by atoms with van der Waals surface area (Å²) in [6.45, 7) is 4.25. The van der Waals surface area contributed by atoms with Crippen molar-refractivity contribution in [3.63, 3.8) is 0 Å². The molecule has 5 nitrogen and oxygen atoms in total. The third-order valence-electron chi connectivity index (χ3n) is 3.03. The van der Waals surface area contributed by atoms with E-state index in [1.54, 1.807) is 0 Å². The first-order valence-corrected chi connectivity index (χ1v) is 7.30. The Balaban J connectivity index is 1.70. The van der Waals surface area contributed by atoms with Gasteiger partial charge in [0.2, 0.25) is 5.89 Å². The highest BCUT2D eigenvalue weighted by molar-refractivity contribution is 9.10. The largest absolute Gasteiger partial charge is 0.466 e. The molecule has 0 unspecified atom stereocenters. The molecule has 0 bridgehead atoms. The number of aryl methyl sites for hydroxylation is 2. The zero-order valence-corrected chi connectivity index (χ0v) is 13.3. The van der Waals surface area contributed by atoms with Crippen molar-refractivity contribution < 1.29 is 8.83 Å². The molecule has 0 radical (unpaired) electrons. The van der Waals surface area contributed by atoms with Crippen LogP contribution in [0.3, 0.4) is 0 Å². The highest BCUT2D eigenvalue weighted by Gasteiger charge is 2.14. The Morgan fingerprint density at radius 1 is 1.10 bits per heavy atom. The van der Waals surface area contributed by atoms with Gasteiger partial charge in [-0.2, -0.15) is 0 Å². The van der Waals surface area contributed by atoms with Crippen LogP contribution in [0.4, 0.5) is 5.69 Å². The molecule has 3 rings (SSSR count). The number of rotatable bonds is 4. The molecule has 0 aliphatic heterocycles. The van der Waals surface area contributed by atoms with Gasteiger partial charge >= 0.3 is 0 Å². The lowest BCUT2D eigenvalue weighted by Crippen LogP contribution is -1.99. The number of anilines is 1. The summed E-state index contributed by atoms with van der Waals surface area (Å²) in [5, 5.41) is 11.3. The van der Waals surface area contributed by atoms with E-state index in [2.05, 4.69) is 31.4 Å². The van der Waals surface area contributed by atoms with Gasteiger partial charge in [0.15, 0.2) is 0 Å². The van der Waals surface area contributed by atoms with Crippen LogP contribution in [0.2, 0.25) is 0 Å². The first kappa shape index (κ1) is 13.9. The van der Waals surface area contributed by atoms with E-state index in [-0.39, 0.29) is 0 Å². The second kappa shape index (κ2) is 5.73. The first-order chi connectivity index (χ1) is 10.1. The lowest BCUT2D eigenvalue weighted by molar-refractivity contribution is 0.496. The quantitative estimate of drug-likeness (QED) is 0.761. The van der Waals surface area contributed by atoms with E-state index in [1.807, 2.05) is 44.2 Å². The van der Waals surface area contributed by atoms with Gasteiger partial charge in [-0.1, -0.05) is 15.9 Å². The molecule has 1 aromatic carbocycles. The fourth-order valence-corrected chi connectivity index (χ4v) is 2.29. The van der Waals surface area contributed by atoms with Crippen LogP contribution in [0.5, 0.6) is 0 Å². The van der Waals surface area contributed by atoms with Gasteiger partial charge in [-0.3, -0.25) is 0 Å². The van der Waals surface area contributed by atoms with Crippen molar-refractivity contribution in [1.29, 1.82) is 0 Å². The molecule has 3 aromatic rings. The Hall–Kier alpha value is -2.08. The molecule has 21 heavy (non-hydrogen) atoms. The number of nitrogens with zero attached hydrogens (tertiary/aromatic N) is 2. The van der Waals surface area contributed by atoms with Crippen molar-refractivity contribution in [2.75, 3.05) is 5.32 Å². The fraction of sp³-hybridized carbons (Fsp3) is 0.200. The minimum atomic E-state index is 0.477. The SMILES string of the molecule is Cc1cc(-c2nnc(CNc3ccc(Br)cc3)o2)c(C)o1. The van der Waals surface area contributed by atoms with Crippen LogP contribution in [0.25, 0.3) is 11.5 Å². The second-order valence-corrected chi connectivity index (χ2v) is 5.60. The molecule has 108 valence electrons. The first-order valence-electron chi connectivity index (χ1n) is 6.51. The molecule has 6 heteroatoms. The predicted octanol–water partition coefficient (Wildman–Crippen LogP) is 4.32. The fourth-order valence-electron chi connectivity index (χ4n) is 2.02. The van der Waals surface area contributed by atoms with Crippen LogP contribution in [0.1, 0.15) is 17.4 Å². The topological polar surface area (TPSA) is 64.1 Å². The van der Waals surface area contributed by atoms with E-state index in [1.165, 1.54) is 0 Å². The Bertz CT molecular complexity index is 747. The number of nitrogens with one attached hydrogen (secondary N) is 1. The average Bonchev–Trinajstić information content (AvgIpc) is 3.04. The molecular weight excluding hydrogens is 334 g/mol. The van der Waals surface area contributed by atoms with E-state index >= 15 is 0 Å². The Kier molecular flexibility index (Phi) is 3.79. The summed E-state index contributed by atoms with van der Waals surface area (Å²) >= 11 is 3.40. The predicted molar refractivity (Wildman–Crippen MR) is 82.9 cm³/mol. The van der Waals surface area contributed by atoms with Gasteiger partial charge in [0.1, 0.15) is 11.5 Å². The van der Waals surface area contributed by atoms with Crippen molar-refractivity contribution in [2.24, 2.45) is 0 Å². The van der Waals surface area contributed by atoms with Crippen LogP contribution >= 0.6 is 15.9 Å². The van der Waals surface area contributed by atoms with Crippen molar-refractivity contribution in [1.82, 2.24) is 10.2 Å². The third kappa shape index (κ3) is 3.16. The molecule has 0 saturated heterocycles. The van der Waals surface area contributed by atoms with Crippen LogP contribution < -0.4 is 5.32 Å². The maximum Gasteiger partial charge on any atom is 0.251 e. The molecule has 0 aliphatic carbocycles. The summed E-state index contributed by atoms with van der Waals surface area (Å²) in [6, 6.07) is 9.79. The molecule has 1 N–H and O–H groups in total. The van der Waals surface area contributed by atoms with Gasteiger partial charge in [-0.15, -0.1) is 10.2 Å². The van der Waals surface area contributed by atoms with E-state index in [9.17, 15) is 0 Å². The van der Waals surface area contributed by atoms with Crippen molar-refractivity contribution >= 4 is 21.6 Å². The summed E-state index contributed by atoms with van der Waals surface area (Å²) in [5.41, 5.74) is 1.84. The number of furan rings is 1. The summed E-state index contributed by atoms with van der Waals surface area (Å²) in [5.74, 6) is 2.63. The second-order valence-electron chi connectivity index (χ2n) is 4.69. The molecule has 0 atom stereocenters. The zero-order chi connectivity index (χ0) is 14.8. The molecule has 0 spiro atoms. The number of hydrogen-bond acceptors (Lipinski definition) is 5. The van der Waals surface area contributed by atoms with Gasteiger partial charge in [-0.05, 0) is 44.2 Å². The highest BCUT2D eigenvalue weighted by atomic mass is 79.9. The van der Waals surface area contributed by atoms with Gasteiger partial charge in [0.25, 0.3) is 5.89 Å². The van der Waals surface area contributed by atoms with Crippen LogP contribution in [-0.4, -0.2) is 10.2 Å². The van der Waals surface area contributed by atoms with Crippen molar-refractivity contribution in [3.05, 3.63) is 52.2 Å². The molecule has 0 amide bonds. The highest BCUT2D eigenvalue weighted by Crippen LogP contribution is 2.25. The lowest BCUT2D eigenvalue weighted by atomic mass is 10.2. The number of benzene rings is 1. The van der Waals surface area contributed by atoms with Crippen molar-refractivity contribution in [3.8, 4) is 11.5 Å². The lowest BCUT2D eigenvalue weighted by Gasteiger charge is -2.02. The molecule has 0 saturated carbocycles. The monoisotopic (exact) mass is 347 g/mol. The van der Waals surface area contributed by atoms with E-state index < -0.39 is 0 Å². The Morgan fingerprint density at radius 2 is 1.86 bits per heavy atom. The van der Waals surface area contributed by atoms with Crippen LogP contribution in [0.15, 0.2) is 43.6 Å². The van der Waals surface area contributed by atoms with Gasteiger partial charge < -0.3 is 14.2 Å². The van der Waals surface area contributed by atoms with Crippen LogP contribution in [0, 0.1) is 13.8 Å². The standard InChI is InChI=1S/C15H14BrN3O2/c1-9-7-13(10(2)20-9)15-19-18-14(21-15)8-17-12-5-3-11(16)4-6-12/h3-7,17H,8H2,1-2H3. The third-order valence-corrected chi connectivity index (χ3v) is 3.55. The normalized spacial score (nSPS) is 10.8. The van der Waals surface area contributed by atoms with Crippen LogP contribution in [-0.2, 0) is 6.54 Å². The maximum atomic E-state index is 5.66. The van der Waals surface area contributed by atoms with E-state index in [0.29, 0.717) is 18.3 Å². The maximum absolute atomic E-state index is 5.66. The number of aromatic nitrogens is 2. The number of halogens is 1. The Labute approximate surface area is 130 Å². The minimum absolute atomic E-state index is 0.477. The van der Waals surface area contributed by atoms with E-state index in [0.717, 1.165) is 27.2 Å². The summed E-state index contributed by atoms with van der Waals surface area (Å²) in [7, 11) is 0. The molecule has 2 heterocycles. The summed E-state index contributed by atoms with van der Waals surface area (Å²) in [4.78, 5) is 0. The summed E-state index contributed by atoms with van der Waals surface area (Å²) < 4.78 is 12.2. The minimum Gasteiger partial charge on any atom is -0.466 e. The molecule has 0 fully saturated rings. The average molecular weight is 348 g/mol. The Morgan fingerprint density at radius 3 is 2.52 bits per heavy atom. The van der Waals surface area contributed by atoms with Crippen molar-refractivity contribution in [2.45, 2.75) is 20.4 Å². The molecular formula is C15H14BrN3O2. The molecule has 0 aliphatic rings. The van der Waals surface area contributed by atoms with Gasteiger partial charge in [0, 0.05) is 10.2 Å². The van der Waals surface area contributed by atoms with E-state index in [4.69, 9.17) is 8.83 Å². The number of hydrogen-bond donors (Lipinski definition) is 1. The summed E-state index contributed by atoms with van der Waals surface area (Å²) in [6.07, 6.45) is 0.